The molecule has 3 aromatic heterocycles. The van der Waals surface area contributed by atoms with Crippen LogP contribution in [-0.2, 0) is 37.1 Å². The first-order valence-electron chi connectivity index (χ1n) is 14.9. The molecule has 0 spiro atoms. The topological polar surface area (TPSA) is 73.4 Å². The quantitative estimate of drug-likeness (QED) is 0.149. The smallest absolute Gasteiger partial charge is 0.150 e. The molecule has 7 nitrogen and oxygen atoms in total. The van der Waals surface area contributed by atoms with Gasteiger partial charge in [0.1, 0.15) is 23.5 Å². The highest BCUT2D eigenvalue weighted by molar-refractivity contribution is 5.85. The Morgan fingerprint density at radius 2 is 1.83 bits per heavy atom. The Hall–Kier alpha value is -3.81. The zero-order valence-corrected chi connectivity index (χ0v) is 23.8. The number of rotatable bonds is 14. The molecular weight excluding hydrogens is 512 g/mol. The number of imidazole rings is 1. The first kappa shape index (κ1) is 27.4. The highest BCUT2D eigenvalue weighted by Crippen LogP contribution is 2.23. The number of furan rings is 1. The average molecular weight is 551 g/mol. The molecule has 1 fully saturated rings. The Kier molecular flexibility index (Phi) is 8.54. The van der Waals surface area contributed by atoms with E-state index in [0.29, 0.717) is 5.56 Å². The van der Waals surface area contributed by atoms with Crippen LogP contribution in [0.3, 0.4) is 0 Å². The summed E-state index contributed by atoms with van der Waals surface area (Å²) in [7, 11) is 0. The molecule has 2 aromatic carbocycles. The van der Waals surface area contributed by atoms with Crippen molar-refractivity contribution >= 4 is 28.3 Å². The van der Waals surface area contributed by atoms with Crippen LogP contribution in [0.15, 0.2) is 71.1 Å². The second-order valence-electron chi connectivity index (χ2n) is 11.0. The summed E-state index contributed by atoms with van der Waals surface area (Å²) in [4.78, 5) is 23.9. The van der Waals surface area contributed by atoms with Gasteiger partial charge in [0, 0.05) is 35.4 Å². The normalized spacial score (nSPS) is 15.1. The van der Waals surface area contributed by atoms with E-state index in [1.165, 1.54) is 0 Å². The maximum Gasteiger partial charge on any atom is 0.150 e. The fourth-order valence-electron chi connectivity index (χ4n) is 5.71. The van der Waals surface area contributed by atoms with Crippen LogP contribution in [-0.4, -0.2) is 51.5 Å². The van der Waals surface area contributed by atoms with E-state index in [0.717, 1.165) is 123 Å². The number of hydrogen-bond donors (Lipinski definition) is 0. The van der Waals surface area contributed by atoms with E-state index in [2.05, 4.69) is 46.7 Å². The summed E-state index contributed by atoms with van der Waals surface area (Å²) in [6, 6.07) is 22.4. The van der Waals surface area contributed by atoms with Gasteiger partial charge in [0.05, 0.1) is 30.2 Å². The zero-order chi connectivity index (χ0) is 28.0. The van der Waals surface area contributed by atoms with Crippen LogP contribution in [0.4, 0.5) is 0 Å². The van der Waals surface area contributed by atoms with Crippen molar-refractivity contribution < 1.29 is 13.9 Å². The molecule has 1 saturated heterocycles. The highest BCUT2D eigenvalue weighted by atomic mass is 16.5. The van der Waals surface area contributed by atoms with E-state index >= 15 is 0 Å². The van der Waals surface area contributed by atoms with Crippen LogP contribution in [0.1, 0.15) is 59.5 Å². The van der Waals surface area contributed by atoms with Gasteiger partial charge in [-0.3, -0.25) is 14.7 Å². The first-order chi connectivity index (χ1) is 20.2. The third-order valence-electron chi connectivity index (χ3n) is 7.95. The number of hydrogen-bond acceptors (Lipinski definition) is 6. The van der Waals surface area contributed by atoms with Crippen molar-refractivity contribution in [2.75, 3.05) is 19.7 Å². The second kappa shape index (κ2) is 12.8. The van der Waals surface area contributed by atoms with E-state index < -0.39 is 0 Å². The standard InChI is InChI=1S/C34H38N4O3/c1-2-17-37(23-34-36-31-15-12-25(24-39)20-32(31)38(34)22-30-16-19-40-30)18-6-10-27-8-5-9-28(35-27)13-14-29-21-26-7-3-4-11-33(26)41-29/h3-5,7-9,11-12,15,20-21,24,30H,2,6,10,13-14,16-19,22-23H2,1H3. The molecule has 0 N–H and O–H groups in total. The van der Waals surface area contributed by atoms with E-state index in [4.69, 9.17) is 19.1 Å². The van der Waals surface area contributed by atoms with Gasteiger partial charge in [-0.25, -0.2) is 4.98 Å². The molecule has 0 radical (unpaired) electrons. The number of ether oxygens (including phenoxy) is 1. The van der Waals surface area contributed by atoms with Crippen LogP contribution in [0, 0.1) is 0 Å². The van der Waals surface area contributed by atoms with E-state index in [9.17, 15) is 4.79 Å². The molecule has 0 saturated carbocycles. The van der Waals surface area contributed by atoms with Crippen molar-refractivity contribution in [3.8, 4) is 0 Å². The summed E-state index contributed by atoms with van der Waals surface area (Å²) >= 11 is 0. The Bertz CT molecular complexity index is 1580. The Morgan fingerprint density at radius 3 is 2.61 bits per heavy atom. The Balaban J connectivity index is 1.08. The molecule has 0 amide bonds. The molecule has 6 rings (SSSR count). The number of benzene rings is 2. The van der Waals surface area contributed by atoms with Crippen molar-refractivity contribution in [3.63, 3.8) is 0 Å². The van der Waals surface area contributed by atoms with Crippen molar-refractivity contribution in [2.45, 2.75) is 64.6 Å². The lowest BCUT2D eigenvalue weighted by Crippen LogP contribution is -2.33. The summed E-state index contributed by atoms with van der Waals surface area (Å²) in [5.74, 6) is 2.04. The Labute approximate surface area is 241 Å². The largest absolute Gasteiger partial charge is 0.461 e. The summed E-state index contributed by atoms with van der Waals surface area (Å²) in [5, 5.41) is 1.15. The number of fused-ring (bicyclic) bond motifs is 2. The predicted molar refractivity (Wildman–Crippen MR) is 161 cm³/mol. The van der Waals surface area contributed by atoms with Gasteiger partial charge in [-0.1, -0.05) is 31.2 Å². The third-order valence-corrected chi connectivity index (χ3v) is 7.95. The number of pyridine rings is 1. The number of para-hydroxylation sites is 1. The summed E-state index contributed by atoms with van der Waals surface area (Å²) in [6.45, 7) is 6.58. The summed E-state index contributed by atoms with van der Waals surface area (Å²) < 4.78 is 14.0. The van der Waals surface area contributed by atoms with Crippen LogP contribution < -0.4 is 0 Å². The monoisotopic (exact) mass is 550 g/mol. The molecule has 5 aromatic rings. The predicted octanol–water partition coefficient (Wildman–Crippen LogP) is 6.41. The SMILES string of the molecule is CCCN(CCCc1cccc(CCc2cc3ccccc3o2)n1)Cc1nc2ccc(C=O)cc2n1CC1CCO1. The minimum atomic E-state index is 0.218. The lowest BCUT2D eigenvalue weighted by molar-refractivity contribution is -0.0592. The average Bonchev–Trinajstić information content (AvgIpc) is 3.54. The van der Waals surface area contributed by atoms with Gasteiger partial charge >= 0.3 is 0 Å². The van der Waals surface area contributed by atoms with Gasteiger partial charge < -0.3 is 13.7 Å². The number of carbonyl (C=O) groups excluding carboxylic acids is 1. The van der Waals surface area contributed by atoms with Crippen molar-refractivity contribution in [3.05, 3.63) is 95.3 Å². The minimum absolute atomic E-state index is 0.218. The molecule has 0 bridgehead atoms. The van der Waals surface area contributed by atoms with Gasteiger partial charge in [0.2, 0.25) is 0 Å². The molecule has 1 unspecified atom stereocenters. The first-order valence-corrected chi connectivity index (χ1v) is 14.9. The molecule has 4 heterocycles. The molecule has 41 heavy (non-hydrogen) atoms. The summed E-state index contributed by atoms with van der Waals surface area (Å²) in [6.07, 6.45) is 6.94. The third kappa shape index (κ3) is 6.58. The van der Waals surface area contributed by atoms with Crippen LogP contribution in [0.5, 0.6) is 0 Å². The number of aromatic nitrogens is 3. The van der Waals surface area contributed by atoms with E-state index in [-0.39, 0.29) is 6.10 Å². The number of aryl methyl sites for hydroxylation is 3. The number of nitrogens with zero attached hydrogens (tertiary/aromatic N) is 4. The maximum absolute atomic E-state index is 11.4. The molecule has 212 valence electrons. The molecule has 1 atom stereocenters. The molecule has 7 heteroatoms. The van der Waals surface area contributed by atoms with Crippen molar-refractivity contribution in [1.29, 1.82) is 0 Å². The van der Waals surface area contributed by atoms with Gasteiger partial charge in [-0.15, -0.1) is 0 Å². The highest BCUT2D eigenvalue weighted by Gasteiger charge is 2.23. The summed E-state index contributed by atoms with van der Waals surface area (Å²) in [5.41, 5.74) is 5.82. The fourth-order valence-corrected chi connectivity index (χ4v) is 5.71. The van der Waals surface area contributed by atoms with Crippen LogP contribution >= 0.6 is 0 Å². The molecule has 0 aliphatic carbocycles. The number of aldehydes is 1. The lowest BCUT2D eigenvalue weighted by Gasteiger charge is -2.28. The van der Waals surface area contributed by atoms with Crippen LogP contribution in [0.25, 0.3) is 22.0 Å². The zero-order valence-electron chi connectivity index (χ0n) is 23.8. The second-order valence-corrected chi connectivity index (χ2v) is 11.0. The molecule has 1 aliphatic rings. The minimum Gasteiger partial charge on any atom is -0.461 e. The van der Waals surface area contributed by atoms with Crippen molar-refractivity contribution in [2.24, 2.45) is 0 Å². The van der Waals surface area contributed by atoms with Gasteiger partial charge in [-0.05, 0) is 87.7 Å². The van der Waals surface area contributed by atoms with Gasteiger partial charge in [0.25, 0.3) is 0 Å². The maximum atomic E-state index is 11.4. The lowest BCUT2D eigenvalue weighted by atomic mass is 10.1. The van der Waals surface area contributed by atoms with Gasteiger partial charge in [-0.2, -0.15) is 0 Å². The van der Waals surface area contributed by atoms with Gasteiger partial charge in [0.15, 0.2) is 0 Å². The van der Waals surface area contributed by atoms with E-state index in [1.54, 1.807) is 0 Å². The Morgan fingerprint density at radius 1 is 0.976 bits per heavy atom. The number of carbonyl (C=O) groups is 1. The molecule has 1 aliphatic heterocycles. The van der Waals surface area contributed by atoms with Crippen molar-refractivity contribution in [1.82, 2.24) is 19.4 Å². The molecular formula is C34H38N4O3. The fraction of sp³-hybridized carbons (Fsp3) is 0.382. The van der Waals surface area contributed by atoms with E-state index in [1.807, 2.05) is 36.4 Å². The van der Waals surface area contributed by atoms with Crippen LogP contribution in [0.2, 0.25) is 0 Å².